The molecule has 1 atom stereocenters. The molecule has 6 nitrogen and oxygen atoms in total. The zero-order valence-corrected chi connectivity index (χ0v) is 9.42. The first-order valence-electron chi connectivity index (χ1n) is 4.96. The number of carbonyl (C=O) groups is 1. The second kappa shape index (κ2) is 5.16. The molecule has 0 bridgehead atoms. The van der Waals surface area contributed by atoms with Crippen molar-refractivity contribution in [1.82, 2.24) is 14.7 Å². The van der Waals surface area contributed by atoms with Gasteiger partial charge in [-0.15, -0.1) is 0 Å². The van der Waals surface area contributed by atoms with Gasteiger partial charge in [-0.3, -0.25) is 9.48 Å². The molecule has 1 aromatic rings. The molecule has 1 amide bonds. The molecule has 1 aromatic heterocycles. The third kappa shape index (κ3) is 2.98. The number of hydrogen-bond donors (Lipinski definition) is 1. The second-order valence-electron chi connectivity index (χ2n) is 3.65. The zero-order valence-electron chi connectivity index (χ0n) is 9.42. The van der Waals surface area contributed by atoms with Crippen LogP contribution in [0, 0.1) is 11.3 Å². The van der Waals surface area contributed by atoms with Gasteiger partial charge in [0.1, 0.15) is 12.4 Å². The standard InChI is InChI=1S/C10H15N5O/c1-8(3-5-11)14(2)10(16)7-15-6-4-9(12)13-15/h4,6,8H,3,7H2,1-2H3,(H2,12,13). The molecule has 0 radical (unpaired) electrons. The first kappa shape index (κ1) is 12.0. The summed E-state index contributed by atoms with van der Waals surface area (Å²) in [6, 6.07) is 3.57. The Morgan fingerprint density at radius 2 is 2.50 bits per heavy atom. The van der Waals surface area contributed by atoms with Gasteiger partial charge in [-0.2, -0.15) is 10.4 Å². The number of hydrogen-bond acceptors (Lipinski definition) is 4. The number of anilines is 1. The maximum Gasteiger partial charge on any atom is 0.244 e. The molecule has 1 unspecified atom stereocenters. The van der Waals surface area contributed by atoms with E-state index < -0.39 is 0 Å². The molecule has 0 aromatic carbocycles. The molecule has 0 aliphatic carbocycles. The van der Waals surface area contributed by atoms with Crippen molar-refractivity contribution in [3.63, 3.8) is 0 Å². The van der Waals surface area contributed by atoms with Gasteiger partial charge in [0.15, 0.2) is 0 Å². The highest BCUT2D eigenvalue weighted by Gasteiger charge is 2.15. The van der Waals surface area contributed by atoms with Gasteiger partial charge in [0.2, 0.25) is 5.91 Å². The van der Waals surface area contributed by atoms with Crippen molar-refractivity contribution >= 4 is 11.7 Å². The lowest BCUT2D eigenvalue weighted by atomic mass is 10.2. The molecule has 0 spiro atoms. The minimum atomic E-state index is -0.0922. The van der Waals surface area contributed by atoms with E-state index in [0.29, 0.717) is 12.2 Å². The minimum absolute atomic E-state index is 0.0918. The van der Waals surface area contributed by atoms with Crippen LogP contribution in [0.25, 0.3) is 0 Å². The predicted molar refractivity (Wildman–Crippen MR) is 59.1 cm³/mol. The van der Waals surface area contributed by atoms with Crippen LogP contribution in [0.4, 0.5) is 5.82 Å². The molecule has 1 heterocycles. The van der Waals surface area contributed by atoms with E-state index in [0.717, 1.165) is 0 Å². The highest BCUT2D eigenvalue weighted by molar-refractivity contribution is 5.76. The molecule has 2 N–H and O–H groups in total. The summed E-state index contributed by atoms with van der Waals surface area (Å²) in [6.07, 6.45) is 1.97. The van der Waals surface area contributed by atoms with Gasteiger partial charge >= 0.3 is 0 Å². The Labute approximate surface area is 94.2 Å². The van der Waals surface area contributed by atoms with E-state index in [2.05, 4.69) is 5.10 Å². The fourth-order valence-corrected chi connectivity index (χ4v) is 1.23. The van der Waals surface area contributed by atoms with Crippen LogP contribution in [0.5, 0.6) is 0 Å². The molecule has 0 saturated heterocycles. The van der Waals surface area contributed by atoms with Gasteiger partial charge in [0, 0.05) is 19.3 Å². The summed E-state index contributed by atoms with van der Waals surface area (Å²) in [5.41, 5.74) is 5.44. The summed E-state index contributed by atoms with van der Waals surface area (Å²) in [4.78, 5) is 13.3. The van der Waals surface area contributed by atoms with Crippen molar-refractivity contribution in [2.75, 3.05) is 12.8 Å². The van der Waals surface area contributed by atoms with Gasteiger partial charge in [0.25, 0.3) is 0 Å². The highest BCUT2D eigenvalue weighted by Crippen LogP contribution is 2.03. The Balaban J connectivity index is 2.55. The van der Waals surface area contributed by atoms with Gasteiger partial charge < -0.3 is 10.6 Å². The maximum atomic E-state index is 11.8. The molecule has 0 fully saturated rings. The van der Waals surface area contributed by atoms with E-state index in [9.17, 15) is 4.79 Å². The molecule has 1 rings (SSSR count). The van der Waals surface area contributed by atoms with Crippen molar-refractivity contribution in [2.24, 2.45) is 0 Å². The lowest BCUT2D eigenvalue weighted by molar-refractivity contribution is -0.132. The van der Waals surface area contributed by atoms with E-state index in [1.807, 2.05) is 13.0 Å². The van der Waals surface area contributed by atoms with Crippen LogP contribution < -0.4 is 5.73 Å². The number of likely N-dealkylation sites (N-methyl/N-ethyl adjacent to an activating group) is 1. The smallest absolute Gasteiger partial charge is 0.244 e. The van der Waals surface area contributed by atoms with Crippen LogP contribution in [0.2, 0.25) is 0 Å². The predicted octanol–water partition coefficient (Wildman–Crippen LogP) is 0.226. The quantitative estimate of drug-likeness (QED) is 0.788. The molecule has 0 aliphatic heterocycles. The van der Waals surface area contributed by atoms with Crippen molar-refractivity contribution < 1.29 is 4.79 Å². The number of nitriles is 1. The van der Waals surface area contributed by atoms with Crippen LogP contribution in [0.1, 0.15) is 13.3 Å². The Kier molecular flexibility index (Phi) is 3.89. The van der Waals surface area contributed by atoms with E-state index in [1.54, 1.807) is 24.2 Å². The van der Waals surface area contributed by atoms with Crippen LogP contribution in [-0.4, -0.2) is 33.7 Å². The molecule has 0 saturated carbocycles. The monoisotopic (exact) mass is 221 g/mol. The summed E-state index contributed by atoms with van der Waals surface area (Å²) in [5.74, 6) is 0.298. The molecule has 0 aliphatic rings. The number of rotatable bonds is 4. The summed E-state index contributed by atoms with van der Waals surface area (Å²) in [7, 11) is 1.68. The lowest BCUT2D eigenvalue weighted by Gasteiger charge is -2.22. The minimum Gasteiger partial charge on any atom is -0.382 e. The van der Waals surface area contributed by atoms with E-state index >= 15 is 0 Å². The first-order chi connectivity index (χ1) is 7.54. The van der Waals surface area contributed by atoms with Crippen molar-refractivity contribution in [3.05, 3.63) is 12.3 Å². The maximum absolute atomic E-state index is 11.8. The van der Waals surface area contributed by atoms with Crippen molar-refractivity contribution in [3.8, 4) is 6.07 Å². The number of nitrogen functional groups attached to an aromatic ring is 1. The largest absolute Gasteiger partial charge is 0.382 e. The molecular formula is C10H15N5O. The Bertz CT molecular complexity index is 406. The Morgan fingerprint density at radius 1 is 1.81 bits per heavy atom. The van der Waals surface area contributed by atoms with E-state index in [4.69, 9.17) is 11.0 Å². The van der Waals surface area contributed by atoms with Crippen LogP contribution in [-0.2, 0) is 11.3 Å². The average molecular weight is 221 g/mol. The van der Waals surface area contributed by atoms with Gasteiger partial charge in [0.05, 0.1) is 12.5 Å². The normalized spacial score (nSPS) is 11.8. The fraction of sp³-hybridized carbons (Fsp3) is 0.500. The number of carbonyl (C=O) groups excluding carboxylic acids is 1. The van der Waals surface area contributed by atoms with Crippen LogP contribution in [0.15, 0.2) is 12.3 Å². The summed E-state index contributed by atoms with van der Waals surface area (Å²) in [5, 5.41) is 12.5. The van der Waals surface area contributed by atoms with Crippen molar-refractivity contribution in [1.29, 1.82) is 5.26 Å². The average Bonchev–Trinajstić information content (AvgIpc) is 2.63. The number of amides is 1. The summed E-state index contributed by atoms with van der Waals surface area (Å²) in [6.45, 7) is 1.97. The highest BCUT2D eigenvalue weighted by atomic mass is 16.2. The first-order valence-corrected chi connectivity index (χ1v) is 4.96. The molecule has 86 valence electrons. The number of nitrogens with two attached hydrogens (primary N) is 1. The third-order valence-electron chi connectivity index (χ3n) is 2.40. The molecule has 16 heavy (non-hydrogen) atoms. The fourth-order valence-electron chi connectivity index (χ4n) is 1.23. The SMILES string of the molecule is CC(CC#N)N(C)C(=O)Cn1ccc(N)n1. The Hall–Kier alpha value is -2.03. The number of nitrogens with zero attached hydrogens (tertiary/aromatic N) is 4. The zero-order chi connectivity index (χ0) is 12.1. The van der Waals surface area contributed by atoms with Gasteiger partial charge in [-0.25, -0.2) is 0 Å². The topological polar surface area (TPSA) is 87.9 Å². The van der Waals surface area contributed by atoms with E-state index in [1.165, 1.54) is 4.68 Å². The number of aromatic nitrogens is 2. The Morgan fingerprint density at radius 3 is 3.00 bits per heavy atom. The van der Waals surface area contributed by atoms with Crippen LogP contribution >= 0.6 is 0 Å². The molecule has 6 heteroatoms. The van der Waals surface area contributed by atoms with E-state index in [-0.39, 0.29) is 18.5 Å². The van der Waals surface area contributed by atoms with Gasteiger partial charge in [-0.05, 0) is 13.0 Å². The van der Waals surface area contributed by atoms with Gasteiger partial charge in [-0.1, -0.05) is 0 Å². The lowest BCUT2D eigenvalue weighted by Crippen LogP contribution is -2.37. The summed E-state index contributed by atoms with van der Waals surface area (Å²) >= 11 is 0. The van der Waals surface area contributed by atoms with Crippen molar-refractivity contribution in [2.45, 2.75) is 25.9 Å². The third-order valence-corrected chi connectivity index (χ3v) is 2.40. The van der Waals surface area contributed by atoms with Crippen LogP contribution in [0.3, 0.4) is 0 Å². The second-order valence-corrected chi connectivity index (χ2v) is 3.65. The molecular weight excluding hydrogens is 206 g/mol. The summed E-state index contributed by atoms with van der Waals surface area (Å²) < 4.78 is 1.48.